The van der Waals surface area contributed by atoms with E-state index in [0.717, 1.165) is 0 Å². The maximum Gasteiger partial charge on any atom is 0.409 e. The molecule has 4 aromatic rings. The van der Waals surface area contributed by atoms with E-state index in [4.69, 9.17) is 9.47 Å². The molecule has 1 fully saturated rings. The van der Waals surface area contributed by atoms with Crippen LogP contribution in [0.4, 0.5) is 4.79 Å². The molecule has 0 bridgehead atoms. The summed E-state index contributed by atoms with van der Waals surface area (Å²) in [5.74, 6) is -2.53. The van der Waals surface area contributed by atoms with Crippen molar-refractivity contribution in [1.29, 1.82) is 0 Å². The molecule has 0 saturated carbocycles. The number of piperazine rings is 1. The number of aromatic amines is 1. The normalized spacial score (nSPS) is 13.8. The highest BCUT2D eigenvalue weighted by molar-refractivity contribution is 5.98. The van der Waals surface area contributed by atoms with Crippen LogP contribution in [0.5, 0.6) is 11.5 Å². The molecular weight excluding hydrogens is 572 g/mol. The summed E-state index contributed by atoms with van der Waals surface area (Å²) in [7, 11) is 0. The summed E-state index contributed by atoms with van der Waals surface area (Å²) in [6.07, 6.45) is -0.594. The fourth-order valence-corrected chi connectivity index (χ4v) is 4.77. The summed E-state index contributed by atoms with van der Waals surface area (Å²) in [6.45, 7) is 2.73. The molecule has 2 aromatic carbocycles. The van der Waals surface area contributed by atoms with Crippen LogP contribution in [0.2, 0.25) is 0 Å². The Morgan fingerprint density at radius 2 is 1.80 bits per heavy atom. The minimum Gasteiger partial charge on any atom is -0.481 e. The first kappa shape index (κ1) is 29.9. The topological polar surface area (TPSA) is 193 Å². The molecule has 1 atom stereocenters. The Kier molecular flexibility index (Phi) is 9.22. The molecule has 44 heavy (non-hydrogen) atoms. The number of ether oxygens (including phenoxy) is 2. The highest BCUT2D eigenvalue weighted by Gasteiger charge is 2.33. The predicted octanol–water partition coefficient (Wildman–Crippen LogP) is 2.33. The summed E-state index contributed by atoms with van der Waals surface area (Å²) in [5.41, 5.74) is 1.25. The van der Waals surface area contributed by atoms with E-state index in [0.29, 0.717) is 33.8 Å². The number of H-pyrrole nitrogens is 1. The molecule has 15 nitrogen and oxygen atoms in total. The van der Waals surface area contributed by atoms with E-state index in [1.165, 1.54) is 15.9 Å². The number of carbonyl (C=O) groups is 4. The number of hydrogen-bond acceptors (Lipinski definition) is 10. The van der Waals surface area contributed by atoms with Crippen LogP contribution >= 0.6 is 0 Å². The number of aliphatic carboxylic acids is 1. The molecule has 3 N–H and O–H groups in total. The number of carboxylic acids is 1. The maximum absolute atomic E-state index is 13.1. The van der Waals surface area contributed by atoms with Crippen molar-refractivity contribution in [2.45, 2.75) is 13.3 Å². The molecule has 3 heterocycles. The lowest BCUT2D eigenvalue weighted by molar-refractivity contribution is -0.152. The SMILES string of the molecule is CCOC(=O)N1CCN(C(=O)C(CCNC(=O)c2cc(Oc3cccc(-c4nn[nH]n4)c3)c3ccccc3n2)C(=O)O)CC1. The Morgan fingerprint density at radius 1 is 1.02 bits per heavy atom. The van der Waals surface area contributed by atoms with Crippen LogP contribution in [0.3, 0.4) is 0 Å². The van der Waals surface area contributed by atoms with Crippen LogP contribution in [-0.2, 0) is 14.3 Å². The zero-order valence-corrected chi connectivity index (χ0v) is 23.8. The number of tetrazole rings is 1. The minimum atomic E-state index is -1.36. The number of nitrogens with zero attached hydrogens (tertiary/aromatic N) is 6. The van der Waals surface area contributed by atoms with Gasteiger partial charge < -0.3 is 29.7 Å². The molecule has 1 unspecified atom stereocenters. The molecule has 5 rings (SSSR count). The molecule has 15 heteroatoms. The number of benzene rings is 2. The van der Waals surface area contributed by atoms with Crippen molar-refractivity contribution >= 4 is 34.8 Å². The van der Waals surface area contributed by atoms with Crippen LogP contribution in [0, 0.1) is 5.92 Å². The molecule has 0 radical (unpaired) electrons. The van der Waals surface area contributed by atoms with Crippen LogP contribution in [0.25, 0.3) is 22.3 Å². The fourth-order valence-electron chi connectivity index (χ4n) is 4.77. The average molecular weight is 603 g/mol. The third-order valence-corrected chi connectivity index (χ3v) is 7.01. The monoisotopic (exact) mass is 602 g/mol. The largest absolute Gasteiger partial charge is 0.481 e. The quantitative estimate of drug-likeness (QED) is 0.226. The minimum absolute atomic E-state index is 0.0568. The van der Waals surface area contributed by atoms with Gasteiger partial charge in [-0.3, -0.25) is 14.4 Å². The Bertz CT molecular complexity index is 1650. The van der Waals surface area contributed by atoms with Gasteiger partial charge >= 0.3 is 12.1 Å². The van der Waals surface area contributed by atoms with E-state index in [2.05, 4.69) is 30.9 Å². The van der Waals surface area contributed by atoms with Gasteiger partial charge in [-0.2, -0.15) is 5.21 Å². The lowest BCUT2D eigenvalue weighted by atomic mass is 10.0. The highest BCUT2D eigenvalue weighted by Crippen LogP contribution is 2.31. The molecule has 0 aliphatic carbocycles. The molecular formula is C29H30N8O7. The molecule has 0 spiro atoms. The van der Waals surface area contributed by atoms with Crippen molar-refractivity contribution in [3.05, 3.63) is 60.3 Å². The second kappa shape index (κ2) is 13.6. The molecule has 1 aliphatic heterocycles. The van der Waals surface area contributed by atoms with Gasteiger partial charge in [-0.25, -0.2) is 9.78 Å². The van der Waals surface area contributed by atoms with Crippen molar-refractivity contribution in [2.75, 3.05) is 39.3 Å². The summed E-state index contributed by atoms with van der Waals surface area (Å²) >= 11 is 0. The standard InChI is InChI=1S/C29H30N8O7/c1-2-43-29(42)37-14-12-36(13-15-37)27(39)21(28(40)41)10-11-30-26(38)23-17-24(20-8-3-4-9-22(20)31-23)44-19-7-5-6-18(16-19)25-32-34-35-33-25/h3-9,16-17,21H,2,10-15H2,1H3,(H,30,38)(H,40,41)(H,32,33,34,35). The summed E-state index contributed by atoms with van der Waals surface area (Å²) < 4.78 is 11.1. The molecule has 1 saturated heterocycles. The third kappa shape index (κ3) is 6.88. The number of carboxylic acid groups (broad SMARTS) is 1. The van der Waals surface area contributed by atoms with E-state index in [-0.39, 0.29) is 51.4 Å². The number of fused-ring (bicyclic) bond motifs is 1. The van der Waals surface area contributed by atoms with Crippen LogP contribution < -0.4 is 10.1 Å². The van der Waals surface area contributed by atoms with Crippen molar-refractivity contribution in [3.8, 4) is 22.9 Å². The van der Waals surface area contributed by atoms with Gasteiger partial charge in [-0.05, 0) is 42.8 Å². The number of hydrogen-bond donors (Lipinski definition) is 3. The first-order valence-corrected chi connectivity index (χ1v) is 14.0. The van der Waals surface area contributed by atoms with Crippen molar-refractivity contribution < 1.29 is 33.8 Å². The Labute approximate surface area is 251 Å². The average Bonchev–Trinajstić information content (AvgIpc) is 3.58. The second-order valence-corrected chi connectivity index (χ2v) is 9.83. The number of nitrogens with one attached hydrogen (secondary N) is 2. The first-order valence-electron chi connectivity index (χ1n) is 14.0. The summed E-state index contributed by atoms with van der Waals surface area (Å²) in [5, 5.41) is 27.1. The number of amides is 3. The van der Waals surface area contributed by atoms with Gasteiger partial charge in [0.2, 0.25) is 11.7 Å². The predicted molar refractivity (Wildman–Crippen MR) is 155 cm³/mol. The Morgan fingerprint density at radius 3 is 2.52 bits per heavy atom. The lowest BCUT2D eigenvalue weighted by Crippen LogP contribution is -2.53. The highest BCUT2D eigenvalue weighted by atomic mass is 16.6. The van der Waals surface area contributed by atoms with Crippen molar-refractivity contribution in [3.63, 3.8) is 0 Å². The molecule has 2 aromatic heterocycles. The van der Waals surface area contributed by atoms with Gasteiger partial charge in [0.1, 0.15) is 23.1 Å². The van der Waals surface area contributed by atoms with E-state index in [1.807, 2.05) is 12.1 Å². The van der Waals surface area contributed by atoms with Gasteiger partial charge in [-0.1, -0.05) is 24.3 Å². The molecule has 3 amide bonds. The zero-order chi connectivity index (χ0) is 31.1. The first-order chi connectivity index (χ1) is 21.3. The van der Waals surface area contributed by atoms with Gasteiger partial charge in [0.25, 0.3) is 5.91 Å². The number of carbonyl (C=O) groups excluding carboxylic acids is 3. The molecule has 228 valence electrons. The number of aromatic nitrogens is 5. The van der Waals surface area contributed by atoms with E-state index >= 15 is 0 Å². The second-order valence-electron chi connectivity index (χ2n) is 9.83. The van der Waals surface area contributed by atoms with E-state index < -0.39 is 29.8 Å². The van der Waals surface area contributed by atoms with Gasteiger partial charge in [0, 0.05) is 49.7 Å². The lowest BCUT2D eigenvalue weighted by Gasteiger charge is -2.35. The van der Waals surface area contributed by atoms with Crippen LogP contribution in [0.15, 0.2) is 54.6 Å². The zero-order valence-electron chi connectivity index (χ0n) is 23.8. The van der Waals surface area contributed by atoms with Crippen molar-refractivity contribution in [1.82, 2.24) is 40.7 Å². The third-order valence-electron chi connectivity index (χ3n) is 7.01. The van der Waals surface area contributed by atoms with Crippen molar-refractivity contribution in [2.24, 2.45) is 5.92 Å². The van der Waals surface area contributed by atoms with E-state index in [1.54, 1.807) is 43.3 Å². The van der Waals surface area contributed by atoms with E-state index in [9.17, 15) is 24.3 Å². The van der Waals surface area contributed by atoms with Gasteiger partial charge in [0.15, 0.2) is 0 Å². The number of rotatable bonds is 10. The van der Waals surface area contributed by atoms with Gasteiger partial charge in [0.05, 0.1) is 12.1 Å². The number of para-hydroxylation sites is 1. The summed E-state index contributed by atoms with van der Waals surface area (Å²) in [4.78, 5) is 57.4. The Balaban J connectivity index is 1.24. The summed E-state index contributed by atoms with van der Waals surface area (Å²) in [6, 6.07) is 15.7. The Hall–Kier alpha value is -5.60. The fraction of sp³-hybridized carbons (Fsp3) is 0.310. The number of pyridine rings is 1. The maximum atomic E-state index is 13.1. The van der Waals surface area contributed by atoms with Gasteiger partial charge in [-0.15, -0.1) is 10.2 Å². The smallest absolute Gasteiger partial charge is 0.409 e. The van der Waals surface area contributed by atoms with Crippen LogP contribution in [0.1, 0.15) is 23.8 Å². The van der Waals surface area contributed by atoms with Crippen LogP contribution in [-0.4, -0.2) is 104 Å². The molecule has 1 aliphatic rings.